The van der Waals surface area contributed by atoms with Crippen molar-refractivity contribution < 1.29 is 4.42 Å². The number of aromatic nitrogens is 1. The molecular weight excluding hydrogens is 717 g/mol. The Bertz CT molecular complexity index is 3200. The number of furan rings is 1. The second-order valence-corrected chi connectivity index (χ2v) is 17.6. The summed E-state index contributed by atoms with van der Waals surface area (Å²) in [6.45, 7) is 9.62. The minimum atomic E-state index is 0.138. The van der Waals surface area contributed by atoms with E-state index in [4.69, 9.17) is 4.42 Å². The van der Waals surface area contributed by atoms with E-state index in [-0.39, 0.29) is 10.8 Å². The second kappa shape index (κ2) is 13.4. The van der Waals surface area contributed by atoms with Gasteiger partial charge >= 0.3 is 0 Å². The van der Waals surface area contributed by atoms with E-state index in [1.165, 1.54) is 73.7 Å². The van der Waals surface area contributed by atoms with Gasteiger partial charge in [-0.25, -0.2) is 0 Å². The maximum Gasteiger partial charge on any atom is 0.159 e. The molecule has 0 aliphatic heterocycles. The molecule has 1 aliphatic carbocycles. The summed E-state index contributed by atoms with van der Waals surface area (Å²) in [5, 5.41) is 4.75. The van der Waals surface area contributed by atoms with E-state index < -0.39 is 0 Å². The Morgan fingerprint density at radius 2 is 1.02 bits per heavy atom. The molecule has 11 rings (SSSR count). The molecule has 0 atom stereocenters. The van der Waals surface area contributed by atoms with Crippen molar-refractivity contribution in [3.63, 3.8) is 0 Å². The summed E-state index contributed by atoms with van der Waals surface area (Å²) >= 11 is 0. The van der Waals surface area contributed by atoms with Crippen LogP contribution in [-0.2, 0) is 10.8 Å². The van der Waals surface area contributed by atoms with Crippen molar-refractivity contribution in [1.82, 2.24) is 4.57 Å². The fourth-order valence-corrected chi connectivity index (χ4v) is 9.72. The fourth-order valence-electron chi connectivity index (χ4n) is 9.72. The Balaban J connectivity index is 1.01. The largest absolute Gasteiger partial charge is 0.454 e. The molecule has 286 valence electrons. The van der Waals surface area contributed by atoms with Gasteiger partial charge in [0.2, 0.25) is 0 Å². The number of hydrogen-bond donors (Lipinski definition) is 0. The van der Waals surface area contributed by atoms with E-state index in [0.717, 1.165) is 39.0 Å². The second-order valence-electron chi connectivity index (χ2n) is 17.6. The Morgan fingerprint density at radius 1 is 0.441 bits per heavy atom. The smallest absolute Gasteiger partial charge is 0.159 e. The lowest BCUT2D eigenvalue weighted by Gasteiger charge is -2.42. The van der Waals surface area contributed by atoms with Gasteiger partial charge in [0.05, 0.1) is 16.7 Å². The van der Waals surface area contributed by atoms with Gasteiger partial charge in [0.25, 0.3) is 0 Å². The normalized spacial score (nSPS) is 14.6. The molecule has 0 saturated heterocycles. The third-order valence-corrected chi connectivity index (χ3v) is 13.1. The molecule has 0 bridgehead atoms. The summed E-state index contributed by atoms with van der Waals surface area (Å²) in [6, 6.07) is 66.2. The molecule has 2 heterocycles. The van der Waals surface area contributed by atoms with Gasteiger partial charge in [0, 0.05) is 38.6 Å². The van der Waals surface area contributed by atoms with Gasteiger partial charge in [-0.15, -0.1) is 0 Å². The zero-order valence-corrected chi connectivity index (χ0v) is 34.0. The highest BCUT2D eigenvalue weighted by Gasteiger charge is 2.37. The summed E-state index contributed by atoms with van der Waals surface area (Å²) in [5.41, 5.74) is 16.6. The Hall–Kier alpha value is -6.84. The van der Waals surface area contributed by atoms with Gasteiger partial charge in [-0.2, -0.15) is 0 Å². The number of benzene rings is 8. The summed E-state index contributed by atoms with van der Waals surface area (Å²) in [4.78, 5) is 2.32. The molecule has 59 heavy (non-hydrogen) atoms. The molecule has 1 aliphatic rings. The van der Waals surface area contributed by atoms with Gasteiger partial charge in [0.15, 0.2) is 5.58 Å². The lowest BCUT2D eigenvalue weighted by atomic mass is 9.63. The van der Waals surface area contributed by atoms with Gasteiger partial charge < -0.3 is 13.9 Å². The van der Waals surface area contributed by atoms with Gasteiger partial charge in [-0.05, 0) is 124 Å². The highest BCUT2D eigenvalue weighted by Crippen LogP contribution is 2.48. The van der Waals surface area contributed by atoms with Gasteiger partial charge in [0.1, 0.15) is 5.58 Å². The van der Waals surface area contributed by atoms with Crippen LogP contribution in [0.4, 0.5) is 17.1 Å². The molecule has 0 saturated carbocycles. The number of nitrogens with zero attached hydrogens (tertiary/aromatic N) is 2. The Labute approximate surface area is 345 Å². The predicted molar refractivity (Wildman–Crippen MR) is 249 cm³/mol. The summed E-state index contributed by atoms with van der Waals surface area (Å²) in [5.74, 6) is 0. The highest BCUT2D eigenvalue weighted by atomic mass is 16.3. The number of fused-ring (bicyclic) bond motifs is 7. The van der Waals surface area contributed by atoms with E-state index in [9.17, 15) is 0 Å². The van der Waals surface area contributed by atoms with Crippen molar-refractivity contribution in [2.24, 2.45) is 0 Å². The van der Waals surface area contributed by atoms with E-state index in [1.54, 1.807) is 0 Å². The van der Waals surface area contributed by atoms with Crippen molar-refractivity contribution in [2.45, 2.75) is 51.4 Å². The van der Waals surface area contributed by atoms with Crippen LogP contribution in [0.25, 0.3) is 71.7 Å². The number of hydrogen-bond acceptors (Lipinski definition) is 2. The monoisotopic (exact) mass is 762 g/mol. The third-order valence-electron chi connectivity index (χ3n) is 13.1. The van der Waals surface area contributed by atoms with E-state index in [2.05, 4.69) is 213 Å². The van der Waals surface area contributed by atoms with Crippen LogP contribution in [0.3, 0.4) is 0 Å². The van der Waals surface area contributed by atoms with Crippen LogP contribution in [-0.4, -0.2) is 4.57 Å². The van der Waals surface area contributed by atoms with Crippen LogP contribution in [0.5, 0.6) is 0 Å². The average Bonchev–Trinajstić information content (AvgIpc) is 3.82. The topological polar surface area (TPSA) is 21.3 Å². The first-order chi connectivity index (χ1) is 28.7. The predicted octanol–water partition coefficient (Wildman–Crippen LogP) is 15.8. The molecule has 0 radical (unpaired) electrons. The Kier molecular flexibility index (Phi) is 8.00. The van der Waals surface area contributed by atoms with E-state index in [0.29, 0.717) is 0 Å². The SMILES string of the molecule is CC1(C)CCC(C)(C)c2cc(-n3c4ccccc4c4cc(-c5ccc(N(c6ccc(-c7ccccc7)cc6)c6cccc7c6oc6ccccc67)cc5)ccc43)ccc21. The molecule has 3 heteroatoms. The maximum absolute atomic E-state index is 6.61. The molecule has 0 unspecified atom stereocenters. The first-order valence-electron chi connectivity index (χ1n) is 20.9. The van der Waals surface area contributed by atoms with Crippen LogP contribution in [0.15, 0.2) is 186 Å². The van der Waals surface area contributed by atoms with Crippen molar-refractivity contribution >= 4 is 60.8 Å². The quantitative estimate of drug-likeness (QED) is 0.168. The van der Waals surface area contributed by atoms with Crippen molar-refractivity contribution in [3.05, 3.63) is 193 Å². The lowest BCUT2D eigenvalue weighted by molar-refractivity contribution is 0.332. The standard InChI is InChI=1S/C56H46N2O/c1-55(2)33-34-56(3,4)49-36-43(30-31-48(49)55)58-50-18-10-8-15-44(50)47-35-40(25-32-51(47)58)39-23-28-42(29-24-39)57(41-26-21-38(22-27-41)37-13-6-5-7-14-37)52-19-12-17-46-45-16-9-11-20-53(45)59-54(46)52/h5-32,35-36H,33-34H2,1-4H3. The average molecular weight is 763 g/mol. The molecule has 2 aromatic heterocycles. The third kappa shape index (κ3) is 5.79. The van der Waals surface area contributed by atoms with Gasteiger partial charge in [-0.3, -0.25) is 0 Å². The lowest BCUT2D eigenvalue weighted by Crippen LogP contribution is -2.33. The summed E-state index contributed by atoms with van der Waals surface area (Å²) < 4.78 is 9.07. The van der Waals surface area contributed by atoms with Crippen molar-refractivity contribution in [3.8, 4) is 27.9 Å². The Morgan fingerprint density at radius 3 is 1.76 bits per heavy atom. The zero-order chi connectivity index (χ0) is 39.9. The van der Waals surface area contributed by atoms with E-state index >= 15 is 0 Å². The number of para-hydroxylation sites is 3. The fraction of sp³-hybridized carbons (Fsp3) is 0.143. The summed E-state index contributed by atoms with van der Waals surface area (Å²) in [6.07, 6.45) is 2.41. The van der Waals surface area contributed by atoms with Crippen LogP contribution >= 0.6 is 0 Å². The van der Waals surface area contributed by atoms with Crippen LogP contribution < -0.4 is 4.90 Å². The molecule has 0 N–H and O–H groups in total. The number of anilines is 3. The maximum atomic E-state index is 6.61. The van der Waals surface area contributed by atoms with Crippen LogP contribution in [0.2, 0.25) is 0 Å². The molecule has 8 aromatic carbocycles. The number of rotatable bonds is 6. The first kappa shape index (κ1) is 35.3. The van der Waals surface area contributed by atoms with Crippen LogP contribution in [0.1, 0.15) is 51.7 Å². The first-order valence-corrected chi connectivity index (χ1v) is 20.9. The molecule has 0 spiro atoms. The molecular formula is C56H46N2O. The van der Waals surface area contributed by atoms with Crippen molar-refractivity contribution in [2.75, 3.05) is 4.90 Å². The molecule has 10 aromatic rings. The summed E-state index contributed by atoms with van der Waals surface area (Å²) in [7, 11) is 0. The molecule has 3 nitrogen and oxygen atoms in total. The van der Waals surface area contributed by atoms with Crippen LogP contribution in [0, 0.1) is 0 Å². The van der Waals surface area contributed by atoms with Crippen molar-refractivity contribution in [1.29, 1.82) is 0 Å². The minimum absolute atomic E-state index is 0.138. The highest BCUT2D eigenvalue weighted by molar-refractivity contribution is 6.11. The minimum Gasteiger partial charge on any atom is -0.454 e. The molecule has 0 amide bonds. The zero-order valence-electron chi connectivity index (χ0n) is 34.0. The molecule has 0 fully saturated rings. The van der Waals surface area contributed by atoms with Gasteiger partial charge in [-0.1, -0.05) is 143 Å². The van der Waals surface area contributed by atoms with E-state index in [1.807, 2.05) is 6.07 Å².